The van der Waals surface area contributed by atoms with E-state index in [0.29, 0.717) is 35.7 Å². The number of hydrogen-bond donors (Lipinski definition) is 0. The number of amides is 1. The summed E-state index contributed by atoms with van der Waals surface area (Å²) >= 11 is 0. The monoisotopic (exact) mass is 417 g/mol. The van der Waals surface area contributed by atoms with Gasteiger partial charge in [0.1, 0.15) is 24.8 Å². The lowest BCUT2D eigenvalue weighted by Gasteiger charge is -2.13. The molecule has 4 rings (SSSR count). The van der Waals surface area contributed by atoms with Crippen LogP contribution in [0.5, 0.6) is 5.75 Å². The van der Waals surface area contributed by atoms with Crippen LogP contribution in [-0.2, 0) is 11.3 Å². The highest BCUT2D eigenvalue weighted by atomic mass is 19.1. The zero-order valence-electron chi connectivity index (χ0n) is 16.7. The van der Waals surface area contributed by atoms with Crippen molar-refractivity contribution >= 4 is 23.6 Å². The number of carbonyl (C=O) groups excluding carboxylic acids is 2. The Labute approximate surface area is 179 Å². The van der Waals surface area contributed by atoms with E-state index < -0.39 is 6.09 Å². The molecular weight excluding hydrogens is 397 g/mol. The molecule has 0 aliphatic carbocycles. The third kappa shape index (κ3) is 4.98. The van der Waals surface area contributed by atoms with Crippen LogP contribution < -0.4 is 9.64 Å². The Morgan fingerprint density at radius 1 is 1.06 bits per heavy atom. The van der Waals surface area contributed by atoms with Gasteiger partial charge in [-0.2, -0.15) is 0 Å². The smallest absolute Gasteiger partial charge is 0.414 e. The number of ether oxygens (including phenoxy) is 2. The van der Waals surface area contributed by atoms with E-state index in [1.165, 1.54) is 17.0 Å². The van der Waals surface area contributed by atoms with Crippen molar-refractivity contribution in [3.8, 4) is 5.75 Å². The number of cyclic esters (lactones) is 1. The number of allylic oxidation sites excluding steroid dienone is 1. The van der Waals surface area contributed by atoms with Gasteiger partial charge in [-0.15, -0.1) is 0 Å². The largest absolute Gasteiger partial charge is 0.489 e. The Hall–Kier alpha value is -3.93. The third-order valence-electron chi connectivity index (χ3n) is 4.86. The van der Waals surface area contributed by atoms with Crippen molar-refractivity contribution in [3.63, 3.8) is 0 Å². The summed E-state index contributed by atoms with van der Waals surface area (Å²) in [6, 6.07) is 20.5. The Kier molecular flexibility index (Phi) is 6.08. The lowest BCUT2D eigenvalue weighted by atomic mass is 10.1. The van der Waals surface area contributed by atoms with Crippen molar-refractivity contribution in [2.45, 2.75) is 6.61 Å². The number of hydrogen-bond acceptors (Lipinski definition) is 4. The maximum Gasteiger partial charge on any atom is 0.414 e. The summed E-state index contributed by atoms with van der Waals surface area (Å²) in [6.07, 6.45) is 2.79. The molecule has 5 nitrogen and oxygen atoms in total. The van der Waals surface area contributed by atoms with Crippen LogP contribution in [0, 0.1) is 5.82 Å². The van der Waals surface area contributed by atoms with Gasteiger partial charge in [0.05, 0.1) is 6.54 Å². The molecule has 1 saturated heterocycles. The van der Waals surface area contributed by atoms with Crippen molar-refractivity contribution in [1.29, 1.82) is 0 Å². The van der Waals surface area contributed by atoms with Crippen LogP contribution in [0.2, 0.25) is 0 Å². The Balaban J connectivity index is 1.38. The van der Waals surface area contributed by atoms with E-state index in [-0.39, 0.29) is 18.2 Å². The van der Waals surface area contributed by atoms with Crippen molar-refractivity contribution < 1.29 is 23.5 Å². The van der Waals surface area contributed by atoms with Crippen LogP contribution in [-0.4, -0.2) is 25.0 Å². The van der Waals surface area contributed by atoms with E-state index >= 15 is 0 Å². The van der Waals surface area contributed by atoms with Crippen LogP contribution in [0.3, 0.4) is 0 Å². The van der Waals surface area contributed by atoms with Gasteiger partial charge in [0.2, 0.25) is 0 Å². The molecule has 0 saturated carbocycles. The molecule has 156 valence electrons. The van der Waals surface area contributed by atoms with E-state index in [2.05, 4.69) is 0 Å². The van der Waals surface area contributed by atoms with Crippen molar-refractivity contribution in [3.05, 3.63) is 101 Å². The fraction of sp³-hybridized carbons (Fsp3) is 0.120. The fourth-order valence-electron chi connectivity index (χ4n) is 3.17. The number of halogens is 1. The molecular formula is C25H20FNO4. The van der Waals surface area contributed by atoms with E-state index in [1.54, 1.807) is 60.7 Å². The van der Waals surface area contributed by atoms with E-state index in [1.807, 2.05) is 12.1 Å². The SMILES string of the molecule is O=C(/C=C/c1ccc(OCc2ccccc2F)cc1)c1cccc(N2CCOC2=O)c1. The minimum Gasteiger partial charge on any atom is -0.489 e. The highest BCUT2D eigenvalue weighted by Gasteiger charge is 2.23. The predicted octanol–water partition coefficient (Wildman–Crippen LogP) is 5.26. The first-order chi connectivity index (χ1) is 15.1. The highest BCUT2D eigenvalue weighted by molar-refractivity contribution is 6.07. The number of nitrogens with zero attached hydrogens (tertiary/aromatic N) is 1. The molecule has 1 aliphatic heterocycles. The molecule has 1 heterocycles. The molecule has 6 heteroatoms. The maximum atomic E-state index is 13.7. The van der Waals surface area contributed by atoms with Crippen molar-refractivity contribution in [1.82, 2.24) is 0 Å². The first-order valence-electron chi connectivity index (χ1n) is 9.83. The van der Waals surface area contributed by atoms with Crippen LogP contribution in [0.1, 0.15) is 21.5 Å². The molecule has 0 bridgehead atoms. The molecule has 1 fully saturated rings. The van der Waals surface area contributed by atoms with Gasteiger partial charge in [-0.3, -0.25) is 9.69 Å². The van der Waals surface area contributed by atoms with Gasteiger partial charge in [0.25, 0.3) is 0 Å². The molecule has 1 aliphatic rings. The molecule has 0 atom stereocenters. The van der Waals surface area contributed by atoms with E-state index in [0.717, 1.165) is 5.56 Å². The molecule has 1 amide bonds. The Morgan fingerprint density at radius 2 is 1.87 bits per heavy atom. The number of rotatable bonds is 7. The van der Waals surface area contributed by atoms with Gasteiger partial charge in [0.15, 0.2) is 5.78 Å². The zero-order valence-corrected chi connectivity index (χ0v) is 16.7. The van der Waals surface area contributed by atoms with Crippen LogP contribution >= 0.6 is 0 Å². The molecule has 0 spiro atoms. The van der Waals surface area contributed by atoms with Crippen LogP contribution in [0.15, 0.2) is 78.9 Å². The summed E-state index contributed by atoms with van der Waals surface area (Å²) in [6.45, 7) is 0.954. The number of ketones is 1. The Morgan fingerprint density at radius 3 is 2.61 bits per heavy atom. The summed E-state index contributed by atoms with van der Waals surface area (Å²) in [4.78, 5) is 25.8. The predicted molar refractivity (Wildman–Crippen MR) is 116 cm³/mol. The van der Waals surface area contributed by atoms with Gasteiger partial charge < -0.3 is 9.47 Å². The minimum atomic E-state index is -0.405. The van der Waals surface area contributed by atoms with Gasteiger partial charge >= 0.3 is 6.09 Å². The lowest BCUT2D eigenvalue weighted by molar-refractivity contribution is 0.104. The average Bonchev–Trinajstić information content (AvgIpc) is 3.23. The second kappa shape index (κ2) is 9.26. The average molecular weight is 417 g/mol. The Bertz CT molecular complexity index is 1120. The molecule has 0 aromatic heterocycles. The minimum absolute atomic E-state index is 0.140. The van der Waals surface area contributed by atoms with Crippen LogP contribution in [0.4, 0.5) is 14.9 Å². The van der Waals surface area contributed by atoms with Gasteiger partial charge in [0, 0.05) is 16.8 Å². The standard InChI is InChI=1S/C25H20FNO4/c26-23-7-2-1-4-20(23)17-31-22-11-8-18(9-12-22)10-13-24(28)19-5-3-6-21(16-19)27-14-15-30-25(27)29/h1-13,16H,14-15,17H2/b13-10+. The summed E-state index contributed by atoms with van der Waals surface area (Å²) in [5.74, 6) is 0.137. The highest BCUT2D eigenvalue weighted by Crippen LogP contribution is 2.21. The van der Waals surface area contributed by atoms with Crippen molar-refractivity contribution in [2.75, 3.05) is 18.1 Å². The topological polar surface area (TPSA) is 55.8 Å². The third-order valence-corrected chi connectivity index (χ3v) is 4.86. The maximum absolute atomic E-state index is 13.7. The summed E-state index contributed by atoms with van der Waals surface area (Å²) in [5.41, 5.74) is 2.43. The number of anilines is 1. The van der Waals surface area contributed by atoms with Gasteiger partial charge in [-0.05, 0) is 42.0 Å². The fourth-order valence-corrected chi connectivity index (χ4v) is 3.17. The van der Waals surface area contributed by atoms with Crippen molar-refractivity contribution in [2.24, 2.45) is 0 Å². The molecule has 3 aromatic rings. The normalized spacial score (nSPS) is 13.5. The van der Waals surface area contributed by atoms with Gasteiger partial charge in [-0.1, -0.05) is 48.5 Å². The summed E-state index contributed by atoms with van der Waals surface area (Å²) < 4.78 is 24.2. The lowest BCUT2D eigenvalue weighted by Crippen LogP contribution is -2.23. The summed E-state index contributed by atoms with van der Waals surface area (Å²) in [5, 5.41) is 0. The second-order valence-corrected chi connectivity index (χ2v) is 6.96. The van der Waals surface area contributed by atoms with E-state index in [9.17, 15) is 14.0 Å². The number of carbonyl (C=O) groups is 2. The zero-order chi connectivity index (χ0) is 21.6. The molecule has 0 unspecified atom stereocenters. The number of benzene rings is 3. The summed E-state index contributed by atoms with van der Waals surface area (Å²) in [7, 11) is 0. The first kappa shape index (κ1) is 20.3. The second-order valence-electron chi connectivity index (χ2n) is 6.96. The molecule has 0 N–H and O–H groups in total. The quantitative estimate of drug-likeness (QED) is 0.389. The van der Waals surface area contributed by atoms with Crippen LogP contribution in [0.25, 0.3) is 6.08 Å². The first-order valence-corrected chi connectivity index (χ1v) is 9.83. The molecule has 3 aromatic carbocycles. The van der Waals surface area contributed by atoms with Gasteiger partial charge in [-0.25, -0.2) is 9.18 Å². The molecule has 0 radical (unpaired) electrons. The molecule has 31 heavy (non-hydrogen) atoms. The van der Waals surface area contributed by atoms with E-state index in [4.69, 9.17) is 9.47 Å².